The lowest BCUT2D eigenvalue weighted by molar-refractivity contribution is 0.0494. The summed E-state index contributed by atoms with van der Waals surface area (Å²) >= 11 is 0. The highest BCUT2D eigenvalue weighted by atomic mass is 16.7. The number of fused-ring (bicyclic) bond motifs is 1. The maximum Gasteiger partial charge on any atom is 0.337 e. The standard InChI is InChI=1S/C24H28O6/c1-15-16(2)22-20(17(3)21(15)29-14-26-5)11-12-24(4,30-22)13-28-19-9-7-18(8-10-19)23(25)27-6/h7-12H,13-14H2,1-6H3. The third-order valence-electron chi connectivity index (χ3n) is 5.29. The van der Waals surface area contributed by atoms with Crippen LogP contribution in [-0.2, 0) is 9.47 Å². The third kappa shape index (κ3) is 4.28. The molecule has 0 spiro atoms. The molecule has 0 bridgehead atoms. The Morgan fingerprint density at radius 2 is 1.70 bits per heavy atom. The molecule has 1 aliphatic rings. The quantitative estimate of drug-likeness (QED) is 0.488. The van der Waals surface area contributed by atoms with Crippen LogP contribution in [0.15, 0.2) is 30.3 Å². The van der Waals surface area contributed by atoms with Crippen molar-refractivity contribution in [2.75, 3.05) is 27.6 Å². The molecule has 1 atom stereocenters. The van der Waals surface area contributed by atoms with Crippen molar-refractivity contribution < 1.29 is 28.5 Å². The summed E-state index contributed by atoms with van der Waals surface area (Å²) in [5, 5.41) is 0. The SMILES string of the molecule is COCOc1c(C)c(C)c2c(c1C)C=CC(C)(COc1ccc(C(=O)OC)cc1)O2. The van der Waals surface area contributed by atoms with Gasteiger partial charge >= 0.3 is 5.97 Å². The third-order valence-corrected chi connectivity index (χ3v) is 5.29. The minimum absolute atomic E-state index is 0.199. The number of hydrogen-bond donors (Lipinski definition) is 0. The number of carbonyl (C=O) groups is 1. The molecule has 0 saturated heterocycles. The highest BCUT2D eigenvalue weighted by Gasteiger charge is 2.32. The van der Waals surface area contributed by atoms with Gasteiger partial charge in [0.05, 0.1) is 12.7 Å². The summed E-state index contributed by atoms with van der Waals surface area (Å²) in [6.45, 7) is 8.57. The number of ether oxygens (including phenoxy) is 5. The first kappa shape index (κ1) is 21.7. The molecule has 1 heterocycles. The predicted molar refractivity (Wildman–Crippen MR) is 115 cm³/mol. The molecule has 0 radical (unpaired) electrons. The van der Waals surface area contributed by atoms with Crippen molar-refractivity contribution in [2.45, 2.75) is 33.3 Å². The number of esters is 1. The van der Waals surface area contributed by atoms with Crippen molar-refractivity contribution in [1.29, 1.82) is 0 Å². The second-order valence-corrected chi connectivity index (χ2v) is 7.55. The number of carbonyl (C=O) groups excluding carboxylic acids is 1. The average molecular weight is 412 g/mol. The van der Waals surface area contributed by atoms with Crippen molar-refractivity contribution in [3.05, 3.63) is 58.2 Å². The van der Waals surface area contributed by atoms with Crippen molar-refractivity contribution in [3.63, 3.8) is 0 Å². The largest absolute Gasteiger partial charge is 0.489 e. The van der Waals surface area contributed by atoms with E-state index in [-0.39, 0.29) is 12.8 Å². The topological polar surface area (TPSA) is 63.2 Å². The van der Waals surface area contributed by atoms with E-state index < -0.39 is 5.60 Å². The normalized spacial score (nSPS) is 17.1. The van der Waals surface area contributed by atoms with Crippen LogP contribution in [-0.4, -0.2) is 39.2 Å². The van der Waals surface area contributed by atoms with E-state index in [9.17, 15) is 4.79 Å². The maximum atomic E-state index is 11.6. The first-order valence-electron chi connectivity index (χ1n) is 9.74. The van der Waals surface area contributed by atoms with Crippen molar-refractivity contribution in [2.24, 2.45) is 0 Å². The molecule has 0 N–H and O–H groups in total. The van der Waals surface area contributed by atoms with Gasteiger partial charge in [0.25, 0.3) is 0 Å². The van der Waals surface area contributed by atoms with E-state index >= 15 is 0 Å². The summed E-state index contributed by atoms with van der Waals surface area (Å²) < 4.78 is 27.9. The Labute approximate surface area is 177 Å². The monoisotopic (exact) mass is 412 g/mol. The predicted octanol–water partition coefficient (Wildman–Crippen LogP) is 4.62. The van der Waals surface area contributed by atoms with Gasteiger partial charge < -0.3 is 23.7 Å². The Morgan fingerprint density at radius 1 is 1.00 bits per heavy atom. The molecule has 0 aromatic heterocycles. The van der Waals surface area contributed by atoms with Crippen molar-refractivity contribution in [1.82, 2.24) is 0 Å². The lowest BCUT2D eigenvalue weighted by Crippen LogP contribution is -2.39. The van der Waals surface area contributed by atoms with Crippen LogP contribution < -0.4 is 14.2 Å². The van der Waals surface area contributed by atoms with Crippen molar-refractivity contribution in [3.8, 4) is 17.2 Å². The van der Waals surface area contributed by atoms with Gasteiger partial charge in [-0.05, 0) is 69.2 Å². The van der Waals surface area contributed by atoms with Gasteiger partial charge in [-0.2, -0.15) is 0 Å². The minimum atomic E-state index is -0.632. The second kappa shape index (κ2) is 8.79. The lowest BCUT2D eigenvalue weighted by atomic mass is 9.92. The van der Waals surface area contributed by atoms with Gasteiger partial charge in [0.2, 0.25) is 0 Å². The second-order valence-electron chi connectivity index (χ2n) is 7.55. The van der Waals surface area contributed by atoms with Crippen LogP contribution >= 0.6 is 0 Å². The summed E-state index contributed by atoms with van der Waals surface area (Å²) in [6, 6.07) is 6.84. The molecule has 2 aromatic rings. The van der Waals surface area contributed by atoms with Gasteiger partial charge in [-0.1, -0.05) is 6.08 Å². The van der Waals surface area contributed by atoms with Crippen LogP contribution in [0.5, 0.6) is 17.2 Å². The Balaban J connectivity index is 1.78. The smallest absolute Gasteiger partial charge is 0.337 e. The highest BCUT2D eigenvalue weighted by Crippen LogP contribution is 2.42. The first-order chi connectivity index (χ1) is 14.3. The van der Waals surface area contributed by atoms with Crippen molar-refractivity contribution >= 4 is 12.0 Å². The number of rotatable bonds is 7. The Kier molecular flexibility index (Phi) is 6.37. The van der Waals surface area contributed by atoms with Gasteiger partial charge in [0.15, 0.2) is 12.4 Å². The van der Waals surface area contributed by atoms with Gasteiger partial charge in [-0.3, -0.25) is 0 Å². The van der Waals surface area contributed by atoms with E-state index in [2.05, 4.69) is 6.08 Å². The highest BCUT2D eigenvalue weighted by molar-refractivity contribution is 5.89. The molecule has 6 heteroatoms. The summed E-state index contributed by atoms with van der Waals surface area (Å²) in [6.07, 6.45) is 4.06. The molecule has 1 aliphatic heterocycles. The Bertz CT molecular complexity index is 961. The lowest BCUT2D eigenvalue weighted by Gasteiger charge is -2.34. The fourth-order valence-corrected chi connectivity index (χ4v) is 3.42. The molecule has 0 amide bonds. The van der Waals surface area contributed by atoms with Crippen LogP contribution in [0.25, 0.3) is 6.08 Å². The van der Waals surface area contributed by atoms with E-state index in [0.717, 1.165) is 33.8 Å². The molecule has 0 saturated carbocycles. The molecular formula is C24H28O6. The zero-order chi connectivity index (χ0) is 21.9. The zero-order valence-electron chi connectivity index (χ0n) is 18.3. The van der Waals surface area contributed by atoms with Gasteiger partial charge in [-0.25, -0.2) is 4.79 Å². The van der Waals surface area contributed by atoms with Gasteiger partial charge in [0, 0.05) is 18.2 Å². The van der Waals surface area contributed by atoms with Crippen LogP contribution in [0.4, 0.5) is 0 Å². The Hall–Kier alpha value is -2.99. The molecule has 160 valence electrons. The van der Waals surface area contributed by atoms with Crippen LogP contribution in [0.3, 0.4) is 0 Å². The van der Waals surface area contributed by atoms with Gasteiger partial charge in [-0.15, -0.1) is 0 Å². The summed E-state index contributed by atoms with van der Waals surface area (Å²) in [4.78, 5) is 11.6. The van der Waals surface area contributed by atoms with E-state index in [1.54, 1.807) is 31.4 Å². The minimum Gasteiger partial charge on any atom is -0.489 e. The van der Waals surface area contributed by atoms with Gasteiger partial charge in [0.1, 0.15) is 23.9 Å². The molecule has 3 rings (SSSR count). The van der Waals surface area contributed by atoms with E-state index in [1.165, 1.54) is 7.11 Å². The molecule has 2 aromatic carbocycles. The summed E-state index contributed by atoms with van der Waals surface area (Å²) in [7, 11) is 2.96. The molecular weight excluding hydrogens is 384 g/mol. The molecule has 0 aliphatic carbocycles. The fourth-order valence-electron chi connectivity index (χ4n) is 3.42. The van der Waals surface area contributed by atoms with Crippen LogP contribution in [0.2, 0.25) is 0 Å². The number of methoxy groups -OCH3 is 2. The van der Waals surface area contributed by atoms with E-state index in [0.29, 0.717) is 17.9 Å². The molecule has 6 nitrogen and oxygen atoms in total. The number of benzene rings is 2. The zero-order valence-corrected chi connectivity index (χ0v) is 18.3. The first-order valence-corrected chi connectivity index (χ1v) is 9.74. The summed E-state index contributed by atoms with van der Waals surface area (Å²) in [5.41, 5.74) is 3.92. The van der Waals surface area contributed by atoms with E-state index in [4.69, 9.17) is 23.7 Å². The Morgan fingerprint density at radius 3 is 2.33 bits per heavy atom. The van der Waals surface area contributed by atoms with Crippen LogP contribution in [0, 0.1) is 20.8 Å². The number of hydrogen-bond acceptors (Lipinski definition) is 6. The van der Waals surface area contributed by atoms with E-state index in [1.807, 2.05) is 33.8 Å². The molecule has 0 fully saturated rings. The fraction of sp³-hybridized carbons (Fsp3) is 0.375. The molecule has 1 unspecified atom stereocenters. The van der Waals surface area contributed by atoms with Crippen LogP contribution in [0.1, 0.15) is 39.5 Å². The summed E-state index contributed by atoms with van der Waals surface area (Å²) in [5.74, 6) is 1.94. The average Bonchev–Trinajstić information content (AvgIpc) is 2.76. The molecule has 30 heavy (non-hydrogen) atoms. The maximum absolute atomic E-state index is 11.6.